The van der Waals surface area contributed by atoms with Crippen molar-refractivity contribution in [1.82, 2.24) is 4.90 Å². The van der Waals surface area contributed by atoms with Crippen molar-refractivity contribution in [3.8, 4) is 0 Å². The number of nitrogens with zero attached hydrogens (tertiary/aromatic N) is 2. The van der Waals surface area contributed by atoms with Gasteiger partial charge in [-0.05, 0) is 18.2 Å². The van der Waals surface area contributed by atoms with Crippen LogP contribution in [0.5, 0.6) is 0 Å². The van der Waals surface area contributed by atoms with Crippen LogP contribution in [0.4, 0.5) is 23.7 Å². The van der Waals surface area contributed by atoms with Crippen molar-refractivity contribution in [3.05, 3.63) is 65.7 Å². The molecule has 1 heterocycles. The first-order valence-electron chi connectivity index (χ1n) is 7.31. The fourth-order valence-corrected chi connectivity index (χ4v) is 2.44. The third-order valence-electron chi connectivity index (χ3n) is 3.56. The molecule has 2 aromatic carbocycles. The second-order valence-corrected chi connectivity index (χ2v) is 5.23. The van der Waals surface area contributed by atoms with E-state index in [0.717, 1.165) is 17.7 Å². The molecule has 7 heteroatoms. The van der Waals surface area contributed by atoms with Gasteiger partial charge in [-0.3, -0.25) is 9.89 Å². The van der Waals surface area contributed by atoms with Crippen molar-refractivity contribution in [3.63, 3.8) is 0 Å². The summed E-state index contributed by atoms with van der Waals surface area (Å²) >= 11 is 0. The molecule has 0 saturated carbocycles. The van der Waals surface area contributed by atoms with Gasteiger partial charge in [0.25, 0.3) is 0 Å². The highest BCUT2D eigenvalue weighted by molar-refractivity contribution is 6.11. The molecular weight excluding hydrogens is 319 g/mol. The minimum Gasteiger partial charge on any atom is -0.307 e. The Kier molecular flexibility index (Phi) is 4.24. The Hall–Kier alpha value is -2.83. The zero-order valence-corrected chi connectivity index (χ0v) is 12.5. The van der Waals surface area contributed by atoms with Crippen LogP contribution in [0.15, 0.2) is 59.6 Å². The van der Waals surface area contributed by atoms with Gasteiger partial charge in [-0.2, -0.15) is 13.2 Å². The number of alkyl halides is 3. The van der Waals surface area contributed by atoms with E-state index in [9.17, 15) is 18.0 Å². The van der Waals surface area contributed by atoms with Crippen LogP contribution in [0, 0.1) is 0 Å². The molecule has 0 fully saturated rings. The second kappa shape index (κ2) is 6.35. The van der Waals surface area contributed by atoms with Crippen LogP contribution in [0.2, 0.25) is 0 Å². The summed E-state index contributed by atoms with van der Waals surface area (Å²) in [6, 6.07) is 13.2. The van der Waals surface area contributed by atoms with E-state index >= 15 is 0 Å². The van der Waals surface area contributed by atoms with Gasteiger partial charge < -0.3 is 5.32 Å². The number of amides is 2. The summed E-state index contributed by atoms with van der Waals surface area (Å²) in [5, 5.41) is 2.50. The molecule has 0 radical (unpaired) electrons. The van der Waals surface area contributed by atoms with Crippen molar-refractivity contribution in [2.45, 2.75) is 6.18 Å². The lowest BCUT2D eigenvalue weighted by Gasteiger charge is -2.19. The van der Waals surface area contributed by atoms with Gasteiger partial charge in [0.1, 0.15) is 5.84 Å². The molecule has 0 aliphatic carbocycles. The third-order valence-corrected chi connectivity index (χ3v) is 3.56. The SMILES string of the molecule is O=C(Nc1cccc(C(F)(F)F)c1)N1CCN=C1c1ccccc1. The number of benzene rings is 2. The number of urea groups is 1. The maximum absolute atomic E-state index is 12.7. The number of hydrogen-bond acceptors (Lipinski definition) is 2. The van der Waals surface area contributed by atoms with E-state index in [-0.39, 0.29) is 5.69 Å². The Morgan fingerprint density at radius 2 is 1.83 bits per heavy atom. The fraction of sp³-hybridized carbons (Fsp3) is 0.176. The van der Waals surface area contributed by atoms with Crippen LogP contribution in [0.1, 0.15) is 11.1 Å². The van der Waals surface area contributed by atoms with Gasteiger partial charge in [-0.1, -0.05) is 36.4 Å². The Balaban J connectivity index is 1.77. The zero-order chi connectivity index (χ0) is 17.2. The average molecular weight is 333 g/mol. The van der Waals surface area contributed by atoms with E-state index in [0.29, 0.717) is 18.9 Å². The van der Waals surface area contributed by atoms with Crippen molar-refractivity contribution in [2.75, 3.05) is 18.4 Å². The van der Waals surface area contributed by atoms with E-state index in [1.807, 2.05) is 30.3 Å². The molecule has 1 aliphatic rings. The predicted molar refractivity (Wildman–Crippen MR) is 85.0 cm³/mol. The molecule has 24 heavy (non-hydrogen) atoms. The first-order chi connectivity index (χ1) is 11.4. The summed E-state index contributed by atoms with van der Waals surface area (Å²) in [5.74, 6) is 0.514. The third kappa shape index (κ3) is 3.40. The molecule has 1 N–H and O–H groups in total. The van der Waals surface area contributed by atoms with Gasteiger partial charge in [0.15, 0.2) is 0 Å². The van der Waals surface area contributed by atoms with Crippen LogP contribution in [-0.4, -0.2) is 29.9 Å². The first-order valence-corrected chi connectivity index (χ1v) is 7.31. The highest BCUT2D eigenvalue weighted by Gasteiger charge is 2.31. The minimum absolute atomic E-state index is 0.0918. The zero-order valence-electron chi connectivity index (χ0n) is 12.5. The molecule has 124 valence electrons. The maximum Gasteiger partial charge on any atom is 0.416 e. The smallest absolute Gasteiger partial charge is 0.307 e. The molecule has 0 bridgehead atoms. The molecular formula is C17H14F3N3O. The molecule has 0 aromatic heterocycles. The summed E-state index contributed by atoms with van der Waals surface area (Å²) < 4.78 is 38.2. The van der Waals surface area contributed by atoms with Crippen molar-refractivity contribution >= 4 is 17.6 Å². The molecule has 2 aromatic rings. The number of halogens is 3. The summed E-state index contributed by atoms with van der Waals surface area (Å²) in [6.45, 7) is 0.843. The van der Waals surface area contributed by atoms with Gasteiger partial charge in [0.2, 0.25) is 0 Å². The molecule has 4 nitrogen and oxygen atoms in total. The molecule has 0 saturated heterocycles. The Labute approximate surface area is 136 Å². The van der Waals surface area contributed by atoms with E-state index in [4.69, 9.17) is 0 Å². The Bertz CT molecular complexity index is 772. The van der Waals surface area contributed by atoms with Crippen molar-refractivity contribution in [2.24, 2.45) is 4.99 Å². The number of aliphatic imine (C=N–C) groups is 1. The first kappa shape index (κ1) is 16.0. The van der Waals surface area contributed by atoms with Crippen LogP contribution < -0.4 is 5.32 Å². The number of amidine groups is 1. The number of rotatable bonds is 2. The Morgan fingerprint density at radius 3 is 2.54 bits per heavy atom. The number of anilines is 1. The number of carbonyl (C=O) groups is 1. The predicted octanol–water partition coefficient (Wildman–Crippen LogP) is 4.00. The molecule has 0 atom stereocenters. The van der Waals surface area contributed by atoms with E-state index in [1.54, 1.807) is 0 Å². The lowest BCUT2D eigenvalue weighted by Crippen LogP contribution is -2.38. The summed E-state index contributed by atoms with van der Waals surface area (Å²) in [6.07, 6.45) is -4.45. The summed E-state index contributed by atoms with van der Waals surface area (Å²) in [4.78, 5) is 18.1. The van der Waals surface area contributed by atoms with E-state index in [2.05, 4.69) is 10.3 Å². The lowest BCUT2D eigenvalue weighted by molar-refractivity contribution is -0.137. The normalized spacial score (nSPS) is 14.5. The quantitative estimate of drug-likeness (QED) is 0.887. The second-order valence-electron chi connectivity index (χ2n) is 5.23. The lowest BCUT2D eigenvalue weighted by atomic mass is 10.2. The molecule has 0 unspecified atom stereocenters. The van der Waals surface area contributed by atoms with Crippen molar-refractivity contribution < 1.29 is 18.0 Å². The van der Waals surface area contributed by atoms with Gasteiger partial charge in [0.05, 0.1) is 12.1 Å². The Morgan fingerprint density at radius 1 is 1.08 bits per heavy atom. The van der Waals surface area contributed by atoms with Gasteiger partial charge in [-0.15, -0.1) is 0 Å². The topological polar surface area (TPSA) is 44.7 Å². The van der Waals surface area contributed by atoms with Crippen LogP contribution in [0.25, 0.3) is 0 Å². The molecule has 1 aliphatic heterocycles. The molecule has 2 amide bonds. The maximum atomic E-state index is 12.7. The van der Waals surface area contributed by atoms with Gasteiger partial charge >= 0.3 is 12.2 Å². The van der Waals surface area contributed by atoms with Crippen LogP contribution in [0.3, 0.4) is 0 Å². The average Bonchev–Trinajstić information content (AvgIpc) is 3.05. The highest BCUT2D eigenvalue weighted by atomic mass is 19.4. The van der Waals surface area contributed by atoms with Crippen molar-refractivity contribution in [1.29, 1.82) is 0 Å². The van der Waals surface area contributed by atoms with E-state index in [1.165, 1.54) is 17.0 Å². The summed E-state index contributed by atoms with van der Waals surface area (Å²) in [7, 11) is 0. The number of nitrogens with one attached hydrogen (secondary N) is 1. The van der Waals surface area contributed by atoms with Gasteiger partial charge in [-0.25, -0.2) is 4.79 Å². The largest absolute Gasteiger partial charge is 0.416 e. The monoisotopic (exact) mass is 333 g/mol. The fourth-order valence-electron chi connectivity index (χ4n) is 2.44. The van der Waals surface area contributed by atoms with Gasteiger partial charge in [0, 0.05) is 17.8 Å². The van der Waals surface area contributed by atoms with Crippen LogP contribution >= 0.6 is 0 Å². The number of carbonyl (C=O) groups excluding carboxylic acids is 1. The number of hydrogen-bond donors (Lipinski definition) is 1. The molecule has 3 rings (SSSR count). The molecule has 0 spiro atoms. The minimum atomic E-state index is -4.45. The van der Waals surface area contributed by atoms with E-state index < -0.39 is 17.8 Å². The van der Waals surface area contributed by atoms with Crippen LogP contribution in [-0.2, 0) is 6.18 Å². The summed E-state index contributed by atoms with van der Waals surface area (Å²) in [5.41, 5.74) is 0.0713. The highest BCUT2D eigenvalue weighted by Crippen LogP contribution is 2.30. The standard InChI is InChI=1S/C17H14F3N3O/c18-17(19,20)13-7-4-8-14(11-13)22-16(24)23-10-9-21-15(23)12-5-2-1-3-6-12/h1-8,11H,9-10H2,(H,22,24).